The van der Waals surface area contributed by atoms with Gasteiger partial charge in [-0.1, -0.05) is 42.8 Å². The average Bonchev–Trinajstić information content (AvgIpc) is 2.95. The lowest BCUT2D eigenvalue weighted by Gasteiger charge is -2.38. The average molecular weight is 581 g/mol. The van der Waals surface area contributed by atoms with Crippen molar-refractivity contribution in [2.75, 3.05) is 37.4 Å². The van der Waals surface area contributed by atoms with Gasteiger partial charge >= 0.3 is 6.03 Å². The number of benzene rings is 3. The van der Waals surface area contributed by atoms with Crippen LogP contribution in [0.4, 0.5) is 16.2 Å². The van der Waals surface area contributed by atoms with Crippen molar-refractivity contribution >= 4 is 33.3 Å². The minimum atomic E-state index is -3.79. The molecule has 11 heteroatoms. The molecular formula is C30H36N4O6S. The summed E-state index contributed by atoms with van der Waals surface area (Å²) in [5.74, 6) is -0.373. The normalized spacial score (nSPS) is 18.1. The van der Waals surface area contributed by atoms with E-state index in [0.29, 0.717) is 11.4 Å². The molecule has 3 aromatic rings. The lowest BCUT2D eigenvalue weighted by Crippen LogP contribution is -2.50. The fraction of sp³-hybridized carbons (Fsp3) is 0.333. The number of hydrogen-bond donors (Lipinski definition) is 3. The van der Waals surface area contributed by atoms with E-state index >= 15 is 0 Å². The molecule has 0 saturated heterocycles. The number of likely N-dealkylation sites (N-methyl/N-ethyl adjacent to an activating group) is 1. The van der Waals surface area contributed by atoms with Crippen molar-refractivity contribution in [3.8, 4) is 5.75 Å². The summed E-state index contributed by atoms with van der Waals surface area (Å²) < 4.78 is 34.2. The van der Waals surface area contributed by atoms with E-state index in [4.69, 9.17) is 4.74 Å². The number of aliphatic hydroxyl groups excluding tert-OH is 1. The standard InChI is InChI=1S/C30H36N4O6S/c1-20-10-13-25(14-11-20)41(38,39)33(4)18-28-21(2)17-34(22(3)19-35)29(36)26-16-24(12-15-27(26)40-28)32-30(37)31-23-8-6-5-7-9-23/h5-16,21-22,28,35H,17-19H2,1-4H3,(H2,31,32,37)/t21-,22-,28+/m1/s1. The van der Waals surface area contributed by atoms with Gasteiger partial charge in [0, 0.05) is 30.9 Å². The van der Waals surface area contributed by atoms with Crippen molar-refractivity contribution in [2.24, 2.45) is 5.92 Å². The fourth-order valence-electron chi connectivity index (χ4n) is 4.57. The number of aliphatic hydroxyl groups is 1. The highest BCUT2D eigenvalue weighted by molar-refractivity contribution is 7.89. The van der Waals surface area contributed by atoms with Crippen LogP contribution in [-0.4, -0.2) is 73.6 Å². The van der Waals surface area contributed by atoms with Crippen LogP contribution in [0.25, 0.3) is 0 Å². The van der Waals surface area contributed by atoms with Crippen LogP contribution in [0, 0.1) is 12.8 Å². The Kier molecular flexibility index (Phi) is 9.31. The molecule has 4 rings (SSSR count). The topological polar surface area (TPSA) is 128 Å². The zero-order valence-corrected chi connectivity index (χ0v) is 24.4. The Morgan fingerprint density at radius 2 is 1.73 bits per heavy atom. The summed E-state index contributed by atoms with van der Waals surface area (Å²) >= 11 is 0. The number of nitrogens with zero attached hydrogens (tertiary/aromatic N) is 2. The third kappa shape index (κ3) is 7.05. The number of sulfonamides is 1. The van der Waals surface area contributed by atoms with Gasteiger partial charge in [-0.3, -0.25) is 4.79 Å². The van der Waals surface area contributed by atoms with Crippen LogP contribution in [0.5, 0.6) is 5.75 Å². The van der Waals surface area contributed by atoms with E-state index in [0.717, 1.165) is 5.56 Å². The Hall–Kier alpha value is -3.93. The molecule has 3 aromatic carbocycles. The Labute approximate surface area is 241 Å². The van der Waals surface area contributed by atoms with Crippen molar-refractivity contribution in [2.45, 2.75) is 37.8 Å². The molecular weight excluding hydrogens is 544 g/mol. The molecule has 0 aromatic heterocycles. The molecule has 1 aliphatic rings. The Bertz CT molecular complexity index is 1480. The maximum Gasteiger partial charge on any atom is 0.323 e. The van der Waals surface area contributed by atoms with Gasteiger partial charge in [-0.2, -0.15) is 4.31 Å². The van der Waals surface area contributed by atoms with Crippen molar-refractivity contribution < 1.29 is 27.9 Å². The monoisotopic (exact) mass is 580 g/mol. The largest absolute Gasteiger partial charge is 0.488 e. The first-order chi connectivity index (χ1) is 19.5. The number of nitrogens with one attached hydrogen (secondary N) is 2. The van der Waals surface area contributed by atoms with Crippen LogP contribution in [-0.2, 0) is 10.0 Å². The number of fused-ring (bicyclic) bond motifs is 1. The molecule has 10 nitrogen and oxygen atoms in total. The minimum Gasteiger partial charge on any atom is -0.488 e. The summed E-state index contributed by atoms with van der Waals surface area (Å²) in [7, 11) is -2.29. The van der Waals surface area contributed by atoms with Gasteiger partial charge in [-0.15, -0.1) is 0 Å². The summed E-state index contributed by atoms with van der Waals surface area (Å²) in [5, 5.41) is 15.4. The highest BCUT2D eigenvalue weighted by Gasteiger charge is 2.35. The van der Waals surface area contributed by atoms with Gasteiger partial charge < -0.3 is 25.4 Å². The van der Waals surface area contributed by atoms with E-state index in [1.54, 1.807) is 72.5 Å². The zero-order valence-electron chi connectivity index (χ0n) is 23.6. The molecule has 1 heterocycles. The van der Waals surface area contributed by atoms with Crippen LogP contribution < -0.4 is 15.4 Å². The lowest BCUT2D eigenvalue weighted by molar-refractivity contribution is 0.0387. The van der Waals surface area contributed by atoms with E-state index in [1.165, 1.54) is 17.4 Å². The van der Waals surface area contributed by atoms with Crippen molar-refractivity contribution in [3.63, 3.8) is 0 Å². The van der Waals surface area contributed by atoms with Crippen molar-refractivity contribution in [1.29, 1.82) is 0 Å². The first-order valence-electron chi connectivity index (χ1n) is 13.4. The molecule has 0 aliphatic carbocycles. The fourth-order valence-corrected chi connectivity index (χ4v) is 5.76. The van der Waals surface area contributed by atoms with Gasteiger partial charge in [-0.05, 0) is 56.3 Å². The Balaban J connectivity index is 1.61. The van der Waals surface area contributed by atoms with E-state index in [2.05, 4.69) is 10.6 Å². The number of anilines is 2. The molecule has 3 amide bonds. The number of hydrogen-bond acceptors (Lipinski definition) is 6. The van der Waals surface area contributed by atoms with Crippen LogP contribution in [0.1, 0.15) is 29.8 Å². The number of ether oxygens (including phenoxy) is 1. The third-order valence-corrected chi connectivity index (χ3v) is 8.96. The molecule has 1 aliphatic heterocycles. The molecule has 3 N–H and O–H groups in total. The summed E-state index contributed by atoms with van der Waals surface area (Å²) in [4.78, 5) is 28.0. The highest BCUT2D eigenvalue weighted by Crippen LogP contribution is 2.31. The molecule has 0 spiro atoms. The van der Waals surface area contributed by atoms with E-state index < -0.39 is 28.2 Å². The number of rotatable bonds is 8. The molecule has 3 atom stereocenters. The van der Waals surface area contributed by atoms with E-state index in [-0.39, 0.29) is 47.7 Å². The Morgan fingerprint density at radius 3 is 2.39 bits per heavy atom. The number of carbonyl (C=O) groups excluding carboxylic acids is 2. The smallest absolute Gasteiger partial charge is 0.323 e. The van der Waals surface area contributed by atoms with Crippen LogP contribution >= 0.6 is 0 Å². The van der Waals surface area contributed by atoms with E-state index in [1.807, 2.05) is 19.9 Å². The first kappa shape index (κ1) is 30.0. The quantitative estimate of drug-likeness (QED) is 0.367. The molecule has 0 bridgehead atoms. The molecule has 0 saturated carbocycles. The van der Waals surface area contributed by atoms with Crippen molar-refractivity contribution in [3.05, 3.63) is 83.9 Å². The number of aryl methyl sites for hydroxylation is 1. The van der Waals surface area contributed by atoms with Crippen LogP contribution in [0.15, 0.2) is 77.7 Å². The van der Waals surface area contributed by atoms with E-state index in [9.17, 15) is 23.1 Å². The van der Waals surface area contributed by atoms with Gasteiger partial charge in [0.15, 0.2) is 0 Å². The SMILES string of the molecule is Cc1ccc(S(=O)(=O)N(C)C[C@@H]2Oc3ccc(NC(=O)Nc4ccccc4)cc3C(=O)N([C@H](C)CO)C[C@H]2C)cc1. The second-order valence-corrected chi connectivity index (χ2v) is 12.4. The second-order valence-electron chi connectivity index (χ2n) is 10.4. The second kappa shape index (κ2) is 12.7. The molecule has 41 heavy (non-hydrogen) atoms. The first-order valence-corrected chi connectivity index (χ1v) is 14.8. The number of amides is 3. The van der Waals surface area contributed by atoms with Gasteiger partial charge in [0.25, 0.3) is 5.91 Å². The molecule has 218 valence electrons. The molecule has 0 fully saturated rings. The predicted octanol–water partition coefficient (Wildman–Crippen LogP) is 4.18. The van der Waals surface area contributed by atoms with Crippen LogP contribution in [0.3, 0.4) is 0 Å². The predicted molar refractivity (Wildman–Crippen MR) is 158 cm³/mol. The van der Waals surface area contributed by atoms with Crippen LogP contribution in [0.2, 0.25) is 0 Å². The number of para-hydroxylation sites is 1. The molecule has 0 unspecified atom stereocenters. The third-order valence-electron chi connectivity index (χ3n) is 7.12. The highest BCUT2D eigenvalue weighted by atomic mass is 32.2. The van der Waals surface area contributed by atoms with Crippen molar-refractivity contribution in [1.82, 2.24) is 9.21 Å². The number of urea groups is 1. The molecule has 0 radical (unpaired) electrons. The maximum absolute atomic E-state index is 13.7. The summed E-state index contributed by atoms with van der Waals surface area (Å²) in [6, 6.07) is 19.3. The number of carbonyl (C=O) groups is 2. The summed E-state index contributed by atoms with van der Waals surface area (Å²) in [6.45, 7) is 5.53. The Morgan fingerprint density at radius 1 is 1.07 bits per heavy atom. The van der Waals surface area contributed by atoms with Gasteiger partial charge in [-0.25, -0.2) is 13.2 Å². The van der Waals surface area contributed by atoms with Gasteiger partial charge in [0.05, 0.1) is 29.7 Å². The zero-order chi connectivity index (χ0) is 29.7. The summed E-state index contributed by atoms with van der Waals surface area (Å²) in [6.07, 6.45) is -0.611. The maximum atomic E-state index is 13.7. The van der Waals surface area contributed by atoms with Gasteiger partial charge in [0.2, 0.25) is 10.0 Å². The van der Waals surface area contributed by atoms with Gasteiger partial charge in [0.1, 0.15) is 11.9 Å². The minimum absolute atomic E-state index is 0.0336. The summed E-state index contributed by atoms with van der Waals surface area (Å²) in [5.41, 5.74) is 2.13. The lowest BCUT2D eigenvalue weighted by atomic mass is 9.99.